The van der Waals surface area contributed by atoms with Crippen LogP contribution in [0.3, 0.4) is 0 Å². The molecule has 0 unspecified atom stereocenters. The van der Waals surface area contributed by atoms with Crippen molar-refractivity contribution >= 4 is 5.78 Å². The molecule has 3 N–H and O–H groups in total. The molecule has 204 valence electrons. The molecule has 2 aromatic heterocycles. The summed E-state index contributed by atoms with van der Waals surface area (Å²) in [7, 11) is 0. The number of pyridine rings is 2. The van der Waals surface area contributed by atoms with Crippen LogP contribution in [0, 0.1) is 34.7 Å². The fourth-order valence-electron chi connectivity index (χ4n) is 5.17. The van der Waals surface area contributed by atoms with Gasteiger partial charge in [0.25, 0.3) is 0 Å². The predicted octanol–water partition coefficient (Wildman–Crippen LogP) is 5.38. The van der Waals surface area contributed by atoms with Crippen molar-refractivity contribution in [3.8, 4) is 17.3 Å². The third kappa shape index (κ3) is 5.45. The molecule has 0 spiro atoms. The third-order valence-electron chi connectivity index (χ3n) is 8.07. The largest absolute Gasteiger partial charge is 0.388 e. The first-order valence-electron chi connectivity index (χ1n) is 12.8. The van der Waals surface area contributed by atoms with E-state index in [9.17, 15) is 19.6 Å². The number of aliphatic hydroxyl groups is 1. The fourth-order valence-corrected chi connectivity index (χ4v) is 5.17. The van der Waals surface area contributed by atoms with Crippen molar-refractivity contribution in [2.24, 2.45) is 11.7 Å². The van der Waals surface area contributed by atoms with Crippen molar-refractivity contribution in [1.82, 2.24) is 9.97 Å². The van der Waals surface area contributed by atoms with Crippen molar-refractivity contribution in [3.63, 3.8) is 0 Å². The third-order valence-corrected chi connectivity index (χ3v) is 8.07. The number of aromatic nitrogens is 2. The number of carbonyl (C=O) groups is 1. The number of nitriles is 1. The summed E-state index contributed by atoms with van der Waals surface area (Å²) in [6.07, 6.45) is 4.29. The number of hydrogen-bond acceptors (Lipinski definition) is 6. The van der Waals surface area contributed by atoms with Gasteiger partial charge in [-0.25, -0.2) is 18.2 Å². The maximum absolute atomic E-state index is 15.0. The van der Waals surface area contributed by atoms with Gasteiger partial charge in [0.05, 0.1) is 22.6 Å². The lowest BCUT2D eigenvalue weighted by Crippen LogP contribution is -2.54. The summed E-state index contributed by atoms with van der Waals surface area (Å²) in [5, 5.41) is 20.0. The molecule has 6 nitrogen and oxygen atoms in total. The van der Waals surface area contributed by atoms with Gasteiger partial charge in [-0.15, -0.1) is 0 Å². The summed E-state index contributed by atoms with van der Waals surface area (Å²) >= 11 is 0. The normalized spacial score (nSPS) is 23.3. The van der Waals surface area contributed by atoms with Gasteiger partial charge in [-0.3, -0.25) is 9.78 Å². The molecule has 4 atom stereocenters. The standard InChI is InChI=1S/C30H31F3N4O2/c1-16-9-17(11-26(35)30(16,4)39)20-7-8-36-14-18(20)10-25(38)24-6-5-21(31)28(37-24)27-22(32)12-19(13-23(27)33)29(2,3)15-34/h5-8,12-14,16-17,26,39H,9-11,35H2,1-4H3/t16-,17+,26+,30+/m0/s1. The van der Waals surface area contributed by atoms with E-state index in [0.29, 0.717) is 18.4 Å². The monoisotopic (exact) mass is 536 g/mol. The van der Waals surface area contributed by atoms with Gasteiger partial charge in [0.1, 0.15) is 28.8 Å². The molecule has 1 aliphatic carbocycles. The van der Waals surface area contributed by atoms with Gasteiger partial charge in [-0.2, -0.15) is 5.26 Å². The molecule has 0 amide bonds. The van der Waals surface area contributed by atoms with Gasteiger partial charge >= 0.3 is 0 Å². The van der Waals surface area contributed by atoms with E-state index >= 15 is 8.78 Å². The number of halogens is 3. The van der Waals surface area contributed by atoms with Crippen LogP contribution in [0.2, 0.25) is 0 Å². The molecule has 1 aromatic carbocycles. The Bertz CT molecular complexity index is 1430. The number of ketones is 1. The lowest BCUT2D eigenvalue weighted by Gasteiger charge is -2.44. The number of Topliss-reactive ketones (excluding diaryl/α,β-unsaturated/α-hetero) is 1. The van der Waals surface area contributed by atoms with E-state index in [1.165, 1.54) is 19.9 Å². The summed E-state index contributed by atoms with van der Waals surface area (Å²) in [6.45, 7) is 6.69. The van der Waals surface area contributed by atoms with Gasteiger partial charge in [-0.05, 0) is 92.5 Å². The molecule has 3 aromatic rings. The predicted molar refractivity (Wildman–Crippen MR) is 140 cm³/mol. The minimum Gasteiger partial charge on any atom is -0.388 e. The molecule has 0 bridgehead atoms. The highest BCUT2D eigenvalue weighted by Crippen LogP contribution is 2.42. The Labute approximate surface area is 225 Å². The molecule has 4 rings (SSSR count). The maximum Gasteiger partial charge on any atom is 0.185 e. The minimum absolute atomic E-state index is 0.00266. The second-order valence-corrected chi connectivity index (χ2v) is 11.2. The van der Waals surface area contributed by atoms with Crippen molar-refractivity contribution in [2.45, 2.75) is 69.9 Å². The lowest BCUT2D eigenvalue weighted by molar-refractivity contribution is -0.0464. The van der Waals surface area contributed by atoms with Crippen LogP contribution in [-0.2, 0) is 11.8 Å². The highest BCUT2D eigenvalue weighted by Gasteiger charge is 2.42. The summed E-state index contributed by atoms with van der Waals surface area (Å²) in [6, 6.07) is 7.44. The van der Waals surface area contributed by atoms with E-state index in [-0.39, 0.29) is 29.5 Å². The Morgan fingerprint density at radius 3 is 2.46 bits per heavy atom. The first kappa shape index (κ1) is 28.4. The smallest absolute Gasteiger partial charge is 0.185 e. The van der Waals surface area contributed by atoms with Crippen LogP contribution >= 0.6 is 0 Å². The Balaban J connectivity index is 1.65. The highest BCUT2D eigenvalue weighted by atomic mass is 19.1. The first-order chi connectivity index (χ1) is 18.3. The zero-order chi connectivity index (χ0) is 28.7. The first-order valence-corrected chi connectivity index (χ1v) is 12.8. The minimum atomic E-state index is -1.17. The number of carbonyl (C=O) groups excluding carboxylic acids is 1. The molecule has 0 aliphatic heterocycles. The Hall–Kier alpha value is -3.61. The summed E-state index contributed by atoms with van der Waals surface area (Å²) in [4.78, 5) is 21.4. The van der Waals surface area contributed by atoms with E-state index in [1.54, 1.807) is 19.3 Å². The van der Waals surface area contributed by atoms with E-state index in [2.05, 4.69) is 9.97 Å². The van der Waals surface area contributed by atoms with Gasteiger partial charge in [0.15, 0.2) is 5.78 Å². The lowest BCUT2D eigenvalue weighted by atomic mass is 9.67. The topological polar surface area (TPSA) is 113 Å². The molecule has 39 heavy (non-hydrogen) atoms. The average molecular weight is 537 g/mol. The van der Waals surface area contributed by atoms with Crippen LogP contribution in [0.15, 0.2) is 42.7 Å². The van der Waals surface area contributed by atoms with Crippen LogP contribution in [0.5, 0.6) is 0 Å². The molecule has 9 heteroatoms. The zero-order valence-electron chi connectivity index (χ0n) is 22.3. The van der Waals surface area contributed by atoms with Crippen molar-refractivity contribution in [2.75, 3.05) is 0 Å². The molecular formula is C30H31F3N4O2. The van der Waals surface area contributed by atoms with Crippen molar-refractivity contribution in [1.29, 1.82) is 5.26 Å². The number of hydrogen-bond donors (Lipinski definition) is 2. The number of nitrogens with zero attached hydrogens (tertiary/aromatic N) is 3. The molecule has 0 saturated heterocycles. The quantitative estimate of drug-likeness (QED) is 0.409. The highest BCUT2D eigenvalue weighted by molar-refractivity contribution is 5.96. The van der Waals surface area contributed by atoms with Crippen LogP contribution in [0.1, 0.15) is 73.6 Å². The van der Waals surface area contributed by atoms with Gasteiger partial charge in [-0.1, -0.05) is 6.92 Å². The Morgan fingerprint density at radius 2 is 1.85 bits per heavy atom. The maximum atomic E-state index is 15.0. The summed E-state index contributed by atoms with van der Waals surface area (Å²) in [5.74, 6) is -3.71. The van der Waals surface area contributed by atoms with E-state index < -0.39 is 51.6 Å². The number of nitrogens with two attached hydrogens (primary N) is 1. The van der Waals surface area contributed by atoms with E-state index in [1.807, 2.05) is 19.1 Å². The van der Waals surface area contributed by atoms with Crippen LogP contribution < -0.4 is 5.73 Å². The Kier molecular flexibility index (Phi) is 7.66. The fraction of sp³-hybridized carbons (Fsp3) is 0.400. The SMILES string of the molecule is C[C@H]1C[C@@H](c2ccncc2CC(=O)c2ccc(F)c(-c3c(F)cc(C(C)(C)C#N)cc3F)n2)C[C@@H](N)[C@]1(C)O. The Morgan fingerprint density at radius 1 is 1.18 bits per heavy atom. The summed E-state index contributed by atoms with van der Waals surface area (Å²) in [5.41, 5.74) is 4.23. The number of benzene rings is 1. The molecular weight excluding hydrogens is 505 g/mol. The van der Waals surface area contributed by atoms with Gasteiger partial charge in [0, 0.05) is 24.9 Å². The van der Waals surface area contributed by atoms with Crippen LogP contribution in [0.4, 0.5) is 13.2 Å². The number of rotatable bonds is 6. The zero-order valence-corrected chi connectivity index (χ0v) is 22.3. The van der Waals surface area contributed by atoms with Crippen molar-refractivity contribution < 1.29 is 23.1 Å². The second kappa shape index (κ2) is 10.5. The molecule has 1 aliphatic rings. The molecule has 2 heterocycles. The van der Waals surface area contributed by atoms with E-state index in [0.717, 1.165) is 23.8 Å². The van der Waals surface area contributed by atoms with Crippen LogP contribution in [-0.4, -0.2) is 32.5 Å². The van der Waals surface area contributed by atoms with E-state index in [4.69, 9.17) is 5.73 Å². The average Bonchev–Trinajstić information content (AvgIpc) is 2.88. The molecule has 1 saturated carbocycles. The summed E-state index contributed by atoms with van der Waals surface area (Å²) < 4.78 is 44.8. The van der Waals surface area contributed by atoms with Crippen molar-refractivity contribution in [3.05, 3.63) is 82.6 Å². The second-order valence-electron chi connectivity index (χ2n) is 11.2. The van der Waals surface area contributed by atoms with Gasteiger partial charge in [0.2, 0.25) is 0 Å². The molecule has 0 radical (unpaired) electrons. The molecule has 1 fully saturated rings. The van der Waals surface area contributed by atoms with Gasteiger partial charge < -0.3 is 10.8 Å². The van der Waals surface area contributed by atoms with Crippen LogP contribution in [0.25, 0.3) is 11.3 Å².